The van der Waals surface area contributed by atoms with Gasteiger partial charge in [-0.05, 0) is 23.3 Å². The zero-order valence-corrected chi connectivity index (χ0v) is 13.6. The molecule has 2 unspecified atom stereocenters. The van der Waals surface area contributed by atoms with Crippen molar-refractivity contribution in [3.63, 3.8) is 0 Å². The van der Waals surface area contributed by atoms with Gasteiger partial charge in [-0.15, -0.1) is 13.2 Å². The van der Waals surface area contributed by atoms with Gasteiger partial charge in [0, 0.05) is 6.42 Å². The molecular weight excluding hydrogens is 349 g/mol. The zero-order chi connectivity index (χ0) is 18.6. The van der Waals surface area contributed by atoms with Crippen molar-refractivity contribution in [1.82, 2.24) is 5.48 Å². The minimum Gasteiger partial charge on any atom is -0.406 e. The van der Waals surface area contributed by atoms with E-state index in [9.17, 15) is 18.3 Å². The fraction of sp³-hybridized carbons (Fsp3) is 0.278. The lowest BCUT2D eigenvalue weighted by molar-refractivity contribution is -0.274. The van der Waals surface area contributed by atoms with Crippen LogP contribution in [-0.2, 0) is 4.84 Å². The topological polar surface area (TPSA) is 63.1 Å². The van der Waals surface area contributed by atoms with Crippen LogP contribution in [0.25, 0.3) is 0 Å². The quantitative estimate of drug-likeness (QED) is 0.847. The molecule has 1 aliphatic rings. The number of aliphatic imine (C=N–C) groups is 1. The van der Waals surface area contributed by atoms with E-state index < -0.39 is 12.5 Å². The Morgan fingerprint density at radius 2 is 1.85 bits per heavy atom. The Hall–Kier alpha value is -2.58. The lowest BCUT2D eigenvalue weighted by atomic mass is 10.1. The zero-order valence-electron chi connectivity index (χ0n) is 13.6. The number of alkyl halides is 3. The number of nitrogens with one attached hydrogen (secondary N) is 1. The number of hydrogen-bond donors (Lipinski definition) is 2. The minimum atomic E-state index is -4.72. The third kappa shape index (κ3) is 4.96. The number of aliphatic hydroxyl groups is 1. The first-order chi connectivity index (χ1) is 12.4. The van der Waals surface area contributed by atoms with Crippen molar-refractivity contribution in [3.8, 4) is 5.75 Å². The van der Waals surface area contributed by atoms with Gasteiger partial charge >= 0.3 is 6.36 Å². The van der Waals surface area contributed by atoms with Crippen LogP contribution in [-0.4, -0.2) is 23.8 Å². The van der Waals surface area contributed by atoms with E-state index >= 15 is 0 Å². The molecule has 0 amide bonds. The number of rotatable bonds is 5. The standard InChI is InChI=1S/C18H17F3N2O3/c19-18(20,21)25-14-8-6-13(7-9-14)16-10-17(23-26-16)22-11-15(24)12-4-2-1-3-5-12/h1-9,15-16,24H,10-11H2,(H,22,23). The number of ether oxygens (including phenoxy) is 1. The molecule has 0 aromatic heterocycles. The summed E-state index contributed by atoms with van der Waals surface area (Å²) in [6, 6.07) is 14.7. The molecule has 2 aromatic carbocycles. The highest BCUT2D eigenvalue weighted by Gasteiger charge is 2.31. The summed E-state index contributed by atoms with van der Waals surface area (Å²) in [4.78, 5) is 9.70. The number of amidine groups is 1. The summed E-state index contributed by atoms with van der Waals surface area (Å²) in [5.74, 6) is 0.285. The first-order valence-electron chi connectivity index (χ1n) is 7.94. The van der Waals surface area contributed by atoms with E-state index in [0.29, 0.717) is 17.8 Å². The summed E-state index contributed by atoms with van der Waals surface area (Å²) in [6.45, 7) is 0.181. The Kier molecular flexibility index (Phi) is 5.43. The van der Waals surface area contributed by atoms with Gasteiger partial charge in [0.05, 0.1) is 12.6 Å². The Balaban J connectivity index is 1.56. The number of aliphatic hydroxyl groups excluding tert-OH is 1. The predicted molar refractivity (Wildman–Crippen MR) is 88.4 cm³/mol. The van der Waals surface area contributed by atoms with Crippen molar-refractivity contribution >= 4 is 5.84 Å². The number of nitrogens with zero attached hydrogens (tertiary/aromatic N) is 1. The Morgan fingerprint density at radius 1 is 1.15 bits per heavy atom. The van der Waals surface area contributed by atoms with Crippen LogP contribution in [0.1, 0.15) is 29.8 Å². The molecule has 0 saturated carbocycles. The van der Waals surface area contributed by atoms with Gasteiger partial charge < -0.3 is 9.84 Å². The number of benzene rings is 2. The third-order valence-electron chi connectivity index (χ3n) is 3.82. The summed E-state index contributed by atoms with van der Waals surface area (Å²) in [5, 5.41) is 10.1. The molecule has 1 heterocycles. The van der Waals surface area contributed by atoms with Gasteiger partial charge in [-0.1, -0.05) is 42.5 Å². The molecule has 2 aromatic rings. The molecule has 2 N–H and O–H groups in total. The highest BCUT2D eigenvalue weighted by atomic mass is 19.4. The van der Waals surface area contributed by atoms with E-state index in [1.165, 1.54) is 24.3 Å². The van der Waals surface area contributed by atoms with E-state index in [-0.39, 0.29) is 18.4 Å². The van der Waals surface area contributed by atoms with Crippen LogP contribution < -0.4 is 10.2 Å². The lowest BCUT2D eigenvalue weighted by Gasteiger charge is -2.11. The molecule has 0 aliphatic carbocycles. The van der Waals surface area contributed by atoms with Gasteiger partial charge in [0.25, 0.3) is 0 Å². The van der Waals surface area contributed by atoms with Crippen LogP contribution in [0.3, 0.4) is 0 Å². The van der Waals surface area contributed by atoms with Crippen molar-refractivity contribution in [3.05, 3.63) is 65.7 Å². The fourth-order valence-corrected chi connectivity index (χ4v) is 2.54. The maximum absolute atomic E-state index is 12.2. The van der Waals surface area contributed by atoms with Crippen molar-refractivity contribution in [2.75, 3.05) is 6.54 Å². The molecule has 1 aliphatic heterocycles. The van der Waals surface area contributed by atoms with Crippen LogP contribution in [0.2, 0.25) is 0 Å². The van der Waals surface area contributed by atoms with Gasteiger partial charge in [0.1, 0.15) is 17.7 Å². The molecule has 1 saturated heterocycles. The van der Waals surface area contributed by atoms with Gasteiger partial charge in [-0.2, -0.15) is 0 Å². The van der Waals surface area contributed by atoms with Gasteiger partial charge in [-0.25, -0.2) is 0 Å². The van der Waals surface area contributed by atoms with Crippen LogP contribution >= 0.6 is 0 Å². The van der Waals surface area contributed by atoms with Gasteiger partial charge in [0.2, 0.25) is 0 Å². The van der Waals surface area contributed by atoms with Crippen molar-refractivity contribution < 1.29 is 27.9 Å². The van der Waals surface area contributed by atoms with E-state index in [0.717, 1.165) is 5.56 Å². The fourth-order valence-electron chi connectivity index (χ4n) is 2.54. The molecule has 3 rings (SSSR count). The first-order valence-corrected chi connectivity index (χ1v) is 7.94. The minimum absolute atomic E-state index is 0.181. The van der Waals surface area contributed by atoms with Crippen LogP contribution in [0, 0.1) is 0 Å². The third-order valence-corrected chi connectivity index (χ3v) is 3.82. The summed E-state index contributed by atoms with van der Waals surface area (Å²) < 4.78 is 40.4. The van der Waals surface area contributed by atoms with E-state index in [4.69, 9.17) is 4.84 Å². The molecule has 1 fully saturated rings. The molecule has 0 spiro atoms. The molecule has 26 heavy (non-hydrogen) atoms. The highest BCUT2D eigenvalue weighted by molar-refractivity contribution is 5.83. The number of hydroxylamine groups is 1. The Labute approximate surface area is 148 Å². The van der Waals surface area contributed by atoms with Crippen molar-refractivity contribution in [2.45, 2.75) is 25.0 Å². The van der Waals surface area contributed by atoms with Gasteiger partial charge in [0.15, 0.2) is 0 Å². The largest absolute Gasteiger partial charge is 0.573 e. The molecule has 0 radical (unpaired) electrons. The predicted octanol–water partition coefficient (Wildman–Crippen LogP) is 3.68. The molecule has 0 bridgehead atoms. The molecule has 8 heteroatoms. The molecule has 138 valence electrons. The first kappa shape index (κ1) is 18.2. The van der Waals surface area contributed by atoms with Crippen molar-refractivity contribution in [1.29, 1.82) is 0 Å². The highest BCUT2D eigenvalue weighted by Crippen LogP contribution is 2.28. The second-order valence-corrected chi connectivity index (χ2v) is 5.74. The smallest absolute Gasteiger partial charge is 0.406 e. The average molecular weight is 366 g/mol. The molecule has 5 nitrogen and oxygen atoms in total. The summed E-state index contributed by atoms with van der Waals surface area (Å²) in [7, 11) is 0. The summed E-state index contributed by atoms with van der Waals surface area (Å²) in [5.41, 5.74) is 4.16. The normalized spacial score (nSPS) is 20.0. The SMILES string of the molecule is OC(CN=C1CC(c2ccc(OC(F)(F)F)cc2)ON1)c1ccccc1. The second kappa shape index (κ2) is 7.76. The van der Waals surface area contributed by atoms with Gasteiger partial charge in [-0.3, -0.25) is 15.3 Å². The Bertz CT molecular complexity index is 749. The maximum Gasteiger partial charge on any atom is 0.573 e. The summed E-state index contributed by atoms with van der Waals surface area (Å²) >= 11 is 0. The van der Waals surface area contributed by atoms with Crippen molar-refractivity contribution in [2.24, 2.45) is 4.99 Å². The van der Waals surface area contributed by atoms with Crippen LogP contribution in [0.15, 0.2) is 59.6 Å². The molecular formula is C18H17F3N2O3. The van der Waals surface area contributed by atoms with Crippen LogP contribution in [0.4, 0.5) is 13.2 Å². The van der Waals surface area contributed by atoms with E-state index in [1.807, 2.05) is 30.3 Å². The van der Waals surface area contributed by atoms with Crippen LogP contribution in [0.5, 0.6) is 5.75 Å². The van der Waals surface area contributed by atoms with E-state index in [1.54, 1.807) is 0 Å². The molecule has 2 atom stereocenters. The number of halogens is 3. The Morgan fingerprint density at radius 3 is 2.50 bits per heavy atom. The monoisotopic (exact) mass is 366 g/mol. The lowest BCUT2D eigenvalue weighted by Crippen LogP contribution is -2.17. The van der Waals surface area contributed by atoms with E-state index in [2.05, 4.69) is 15.2 Å². The number of hydrogen-bond acceptors (Lipinski definition) is 4. The summed E-state index contributed by atoms with van der Waals surface area (Å²) in [6.07, 6.45) is -5.38. The average Bonchev–Trinajstić information content (AvgIpc) is 3.09. The second-order valence-electron chi connectivity index (χ2n) is 5.74. The maximum atomic E-state index is 12.2.